The maximum absolute atomic E-state index is 5.54. The Balaban J connectivity index is 2.13. The number of fused-ring (bicyclic) bond motifs is 1. The van der Waals surface area contributed by atoms with Gasteiger partial charge in [-0.15, -0.1) is 0 Å². The lowest BCUT2D eigenvalue weighted by Gasteiger charge is -2.11. The molecule has 1 aromatic carbocycles. The van der Waals surface area contributed by atoms with Gasteiger partial charge < -0.3 is 11.1 Å². The van der Waals surface area contributed by atoms with Crippen LogP contribution in [0.25, 0.3) is 11.0 Å². The van der Waals surface area contributed by atoms with Crippen molar-refractivity contribution in [1.29, 1.82) is 0 Å². The molecule has 0 fully saturated rings. The van der Waals surface area contributed by atoms with Gasteiger partial charge in [-0.1, -0.05) is 6.07 Å². The zero-order chi connectivity index (χ0) is 11.4. The molecule has 4 nitrogen and oxygen atoms in total. The van der Waals surface area contributed by atoms with Crippen molar-refractivity contribution in [3.8, 4) is 0 Å². The molecular weight excluding hydrogens is 200 g/mol. The van der Waals surface area contributed by atoms with Gasteiger partial charge in [0, 0.05) is 31.5 Å². The van der Waals surface area contributed by atoms with Gasteiger partial charge in [0.2, 0.25) is 0 Å². The monoisotopic (exact) mass is 216 g/mol. The molecule has 0 bridgehead atoms. The molecule has 0 amide bonds. The Labute approximate surface area is 94.9 Å². The predicted octanol–water partition coefficient (Wildman–Crippen LogP) is 1.07. The molecule has 1 heterocycles. The lowest BCUT2D eigenvalue weighted by molar-refractivity contribution is 0.556. The molecule has 2 rings (SSSR count). The van der Waals surface area contributed by atoms with Crippen molar-refractivity contribution < 1.29 is 0 Å². The molecule has 0 radical (unpaired) electrons. The summed E-state index contributed by atoms with van der Waals surface area (Å²) < 4.78 is 0. The molecule has 84 valence electrons. The average molecular weight is 216 g/mol. The summed E-state index contributed by atoms with van der Waals surface area (Å²) in [6.45, 7) is 3.53. The fourth-order valence-electron chi connectivity index (χ4n) is 1.49. The zero-order valence-corrected chi connectivity index (χ0v) is 9.35. The molecule has 0 aliphatic heterocycles. The minimum absolute atomic E-state index is 0.331. The summed E-state index contributed by atoms with van der Waals surface area (Å²) in [6.07, 6.45) is 3.42. The molecule has 0 saturated heterocycles. The topological polar surface area (TPSA) is 63.8 Å². The first-order chi connectivity index (χ1) is 7.79. The summed E-state index contributed by atoms with van der Waals surface area (Å²) in [5.74, 6) is 0. The van der Waals surface area contributed by atoms with E-state index < -0.39 is 0 Å². The Hall–Kier alpha value is -1.52. The Morgan fingerprint density at radius 1 is 1.25 bits per heavy atom. The number of nitrogens with two attached hydrogens (primary N) is 1. The van der Waals surface area contributed by atoms with E-state index >= 15 is 0 Å². The number of benzene rings is 1. The molecule has 1 aromatic heterocycles. The Morgan fingerprint density at radius 3 is 2.75 bits per heavy atom. The number of rotatable bonds is 4. The summed E-state index contributed by atoms with van der Waals surface area (Å²) in [4.78, 5) is 8.50. The van der Waals surface area contributed by atoms with E-state index in [9.17, 15) is 0 Å². The molecule has 0 aliphatic carbocycles. The van der Waals surface area contributed by atoms with Gasteiger partial charge in [0.15, 0.2) is 0 Å². The van der Waals surface area contributed by atoms with E-state index in [1.54, 1.807) is 12.4 Å². The maximum atomic E-state index is 5.54. The number of aromatic nitrogens is 2. The highest BCUT2D eigenvalue weighted by Crippen LogP contribution is 2.10. The lowest BCUT2D eigenvalue weighted by atomic mass is 10.2. The van der Waals surface area contributed by atoms with Crippen LogP contribution in [0, 0.1) is 0 Å². The lowest BCUT2D eigenvalue weighted by Crippen LogP contribution is -2.32. The van der Waals surface area contributed by atoms with E-state index in [-0.39, 0.29) is 0 Å². The van der Waals surface area contributed by atoms with Crippen molar-refractivity contribution in [1.82, 2.24) is 15.3 Å². The van der Waals surface area contributed by atoms with Crippen LogP contribution in [0.4, 0.5) is 0 Å². The summed E-state index contributed by atoms with van der Waals surface area (Å²) in [5.41, 5.74) is 8.61. The van der Waals surface area contributed by atoms with Crippen molar-refractivity contribution >= 4 is 11.0 Å². The van der Waals surface area contributed by atoms with Gasteiger partial charge >= 0.3 is 0 Å². The highest BCUT2D eigenvalue weighted by molar-refractivity contribution is 5.74. The molecule has 0 saturated carbocycles. The molecule has 1 atom stereocenters. The first-order valence-corrected chi connectivity index (χ1v) is 5.42. The largest absolute Gasteiger partial charge is 0.329 e. The van der Waals surface area contributed by atoms with Crippen molar-refractivity contribution in [2.45, 2.75) is 19.5 Å². The van der Waals surface area contributed by atoms with E-state index in [0.29, 0.717) is 12.6 Å². The van der Waals surface area contributed by atoms with E-state index in [1.165, 1.54) is 5.56 Å². The quantitative estimate of drug-likeness (QED) is 0.802. The van der Waals surface area contributed by atoms with Gasteiger partial charge in [0.05, 0.1) is 11.0 Å². The van der Waals surface area contributed by atoms with Crippen LogP contribution < -0.4 is 11.1 Å². The van der Waals surface area contributed by atoms with Gasteiger partial charge in [-0.3, -0.25) is 9.97 Å². The van der Waals surface area contributed by atoms with Crippen molar-refractivity contribution in [2.75, 3.05) is 6.54 Å². The second-order valence-electron chi connectivity index (χ2n) is 3.90. The summed E-state index contributed by atoms with van der Waals surface area (Å²) in [6, 6.07) is 6.44. The van der Waals surface area contributed by atoms with Gasteiger partial charge in [-0.2, -0.15) is 0 Å². The van der Waals surface area contributed by atoms with Crippen LogP contribution in [0.5, 0.6) is 0 Å². The summed E-state index contributed by atoms with van der Waals surface area (Å²) >= 11 is 0. The number of hydrogen-bond donors (Lipinski definition) is 2. The molecule has 16 heavy (non-hydrogen) atoms. The van der Waals surface area contributed by atoms with Crippen LogP contribution in [-0.2, 0) is 6.54 Å². The van der Waals surface area contributed by atoms with Crippen LogP contribution in [0.2, 0.25) is 0 Å². The van der Waals surface area contributed by atoms with Crippen LogP contribution in [0.1, 0.15) is 12.5 Å². The molecule has 1 unspecified atom stereocenters. The fraction of sp³-hybridized carbons (Fsp3) is 0.333. The Morgan fingerprint density at radius 2 is 2.00 bits per heavy atom. The summed E-state index contributed by atoms with van der Waals surface area (Å²) in [5, 5.41) is 3.34. The third-order valence-corrected chi connectivity index (χ3v) is 2.54. The van der Waals surface area contributed by atoms with E-state index in [4.69, 9.17) is 5.73 Å². The standard InChI is InChI=1S/C12H16N4/c1-9(7-13)16-8-10-2-3-11-12(6-10)15-5-4-14-11/h2-6,9,16H,7-8,13H2,1H3. The predicted molar refractivity (Wildman–Crippen MR) is 64.9 cm³/mol. The average Bonchev–Trinajstić information content (AvgIpc) is 2.35. The Kier molecular flexibility index (Phi) is 3.44. The van der Waals surface area contributed by atoms with Crippen LogP contribution in [-0.4, -0.2) is 22.6 Å². The maximum Gasteiger partial charge on any atom is 0.0890 e. The van der Waals surface area contributed by atoms with Crippen molar-refractivity contribution in [2.24, 2.45) is 5.73 Å². The van der Waals surface area contributed by atoms with Crippen LogP contribution >= 0.6 is 0 Å². The first kappa shape index (κ1) is 11.0. The van der Waals surface area contributed by atoms with Gasteiger partial charge in [0.1, 0.15) is 0 Å². The third kappa shape index (κ3) is 2.53. The molecule has 3 N–H and O–H groups in total. The SMILES string of the molecule is CC(CN)NCc1ccc2nccnc2c1. The highest BCUT2D eigenvalue weighted by atomic mass is 14.9. The minimum atomic E-state index is 0.331. The number of hydrogen-bond acceptors (Lipinski definition) is 4. The summed E-state index contributed by atoms with van der Waals surface area (Å²) in [7, 11) is 0. The highest BCUT2D eigenvalue weighted by Gasteiger charge is 2.00. The molecule has 0 spiro atoms. The molecule has 4 heteroatoms. The normalized spacial score (nSPS) is 12.9. The van der Waals surface area contributed by atoms with E-state index in [0.717, 1.165) is 17.6 Å². The van der Waals surface area contributed by atoms with Gasteiger partial charge in [0.25, 0.3) is 0 Å². The third-order valence-electron chi connectivity index (χ3n) is 2.54. The van der Waals surface area contributed by atoms with E-state index in [1.807, 2.05) is 6.07 Å². The molecular formula is C12H16N4. The second-order valence-corrected chi connectivity index (χ2v) is 3.90. The van der Waals surface area contributed by atoms with Crippen molar-refractivity contribution in [3.05, 3.63) is 36.2 Å². The molecule has 0 aliphatic rings. The number of nitrogens with zero attached hydrogens (tertiary/aromatic N) is 2. The fourth-order valence-corrected chi connectivity index (χ4v) is 1.49. The molecule has 2 aromatic rings. The number of nitrogens with one attached hydrogen (secondary N) is 1. The van der Waals surface area contributed by atoms with Crippen LogP contribution in [0.15, 0.2) is 30.6 Å². The van der Waals surface area contributed by atoms with Crippen molar-refractivity contribution in [3.63, 3.8) is 0 Å². The minimum Gasteiger partial charge on any atom is -0.329 e. The van der Waals surface area contributed by atoms with E-state index in [2.05, 4.69) is 34.3 Å². The van der Waals surface area contributed by atoms with Gasteiger partial charge in [-0.25, -0.2) is 0 Å². The zero-order valence-electron chi connectivity index (χ0n) is 9.35. The Bertz CT molecular complexity index is 469. The first-order valence-electron chi connectivity index (χ1n) is 5.42. The second kappa shape index (κ2) is 5.01. The van der Waals surface area contributed by atoms with Crippen LogP contribution in [0.3, 0.4) is 0 Å². The van der Waals surface area contributed by atoms with Gasteiger partial charge in [-0.05, 0) is 24.6 Å². The smallest absolute Gasteiger partial charge is 0.0890 e.